The number of anilines is 1. The van der Waals surface area contributed by atoms with Crippen molar-refractivity contribution in [2.45, 2.75) is 4.90 Å². The van der Waals surface area contributed by atoms with E-state index >= 15 is 0 Å². The van der Waals surface area contributed by atoms with E-state index in [1.54, 1.807) is 24.0 Å². The van der Waals surface area contributed by atoms with Gasteiger partial charge in [-0.3, -0.25) is 0 Å². The topological polar surface area (TPSA) is 61.9 Å². The van der Waals surface area contributed by atoms with E-state index in [0.717, 1.165) is 11.3 Å². The van der Waals surface area contributed by atoms with Crippen molar-refractivity contribution in [2.75, 3.05) is 11.6 Å². The number of nitrogens with one attached hydrogen (secondary N) is 1. The van der Waals surface area contributed by atoms with Crippen LogP contribution in [0.5, 0.6) is 0 Å². The summed E-state index contributed by atoms with van der Waals surface area (Å²) in [6.07, 6.45) is 5.49. The molecule has 0 saturated carbocycles. The van der Waals surface area contributed by atoms with Gasteiger partial charge in [0.05, 0.1) is 0 Å². The van der Waals surface area contributed by atoms with E-state index in [1.165, 1.54) is 4.90 Å². The summed E-state index contributed by atoms with van der Waals surface area (Å²) in [5.41, 5.74) is 2.82. The molecule has 2 aromatic carbocycles. The van der Waals surface area contributed by atoms with Gasteiger partial charge in [0.15, 0.2) is 5.76 Å². The maximum Gasteiger partial charge on any atom is 0.179 e. The number of aromatic nitrogens is 1. The van der Waals surface area contributed by atoms with E-state index in [9.17, 15) is 5.26 Å². The molecule has 3 rings (SSSR count). The number of hydrogen-bond acceptors (Lipinski definition) is 5. The predicted molar refractivity (Wildman–Crippen MR) is 97.5 cm³/mol. The second kappa shape index (κ2) is 7.53. The molecule has 0 spiro atoms. The number of hydrogen-bond donors (Lipinski definition) is 1. The average Bonchev–Trinajstić information content (AvgIpc) is 3.05. The van der Waals surface area contributed by atoms with E-state index in [2.05, 4.69) is 28.7 Å². The third kappa shape index (κ3) is 3.50. The number of nitriles is 1. The van der Waals surface area contributed by atoms with Gasteiger partial charge in [0.25, 0.3) is 0 Å². The largest absolute Gasteiger partial charge is 0.362 e. The third-order valence-corrected chi connectivity index (χ3v) is 4.16. The van der Waals surface area contributed by atoms with E-state index in [0.29, 0.717) is 17.0 Å². The van der Waals surface area contributed by atoms with Crippen LogP contribution in [0.15, 0.2) is 70.2 Å². The van der Waals surface area contributed by atoms with Gasteiger partial charge in [-0.25, -0.2) is 0 Å². The molecular formula is C19H15N3OS. The quantitative estimate of drug-likeness (QED) is 0.664. The number of nitrogens with zero attached hydrogens (tertiary/aromatic N) is 2. The van der Waals surface area contributed by atoms with Gasteiger partial charge in [0, 0.05) is 28.4 Å². The minimum Gasteiger partial charge on any atom is -0.362 e. The number of rotatable bonds is 5. The van der Waals surface area contributed by atoms with Crippen LogP contribution in [0.3, 0.4) is 0 Å². The summed E-state index contributed by atoms with van der Waals surface area (Å²) < 4.78 is 5.32. The van der Waals surface area contributed by atoms with Crippen LogP contribution in [0.1, 0.15) is 11.3 Å². The molecule has 1 N–H and O–H groups in total. The van der Waals surface area contributed by atoms with Gasteiger partial charge < -0.3 is 9.84 Å². The highest BCUT2D eigenvalue weighted by molar-refractivity contribution is 7.98. The lowest BCUT2D eigenvalue weighted by Crippen LogP contribution is -1.87. The van der Waals surface area contributed by atoms with Gasteiger partial charge in [0.2, 0.25) is 0 Å². The van der Waals surface area contributed by atoms with Crippen LogP contribution in [0.2, 0.25) is 0 Å². The first-order valence-corrected chi connectivity index (χ1v) is 8.56. The summed E-state index contributed by atoms with van der Waals surface area (Å²) in [5.74, 6) is 0.435. The molecule has 0 aliphatic heterocycles. The molecule has 0 atom stereocenters. The van der Waals surface area contributed by atoms with Crippen molar-refractivity contribution < 1.29 is 4.52 Å². The fourth-order valence-corrected chi connectivity index (χ4v) is 2.70. The molecule has 5 heteroatoms. The van der Waals surface area contributed by atoms with E-state index in [4.69, 9.17) is 4.52 Å². The Labute approximate surface area is 144 Å². The highest BCUT2D eigenvalue weighted by Crippen LogP contribution is 2.25. The van der Waals surface area contributed by atoms with Crippen LogP contribution in [-0.2, 0) is 0 Å². The van der Waals surface area contributed by atoms with E-state index in [-0.39, 0.29) is 0 Å². The highest BCUT2D eigenvalue weighted by Gasteiger charge is 2.15. The molecular weight excluding hydrogens is 318 g/mol. The number of benzene rings is 2. The van der Waals surface area contributed by atoms with Gasteiger partial charge in [-0.1, -0.05) is 41.6 Å². The molecule has 0 amide bonds. The summed E-state index contributed by atoms with van der Waals surface area (Å²) in [6, 6.07) is 19.8. The van der Waals surface area contributed by atoms with Crippen LogP contribution >= 0.6 is 11.8 Å². The summed E-state index contributed by atoms with van der Waals surface area (Å²) in [5, 5.41) is 16.6. The fraction of sp³-hybridized carbons (Fsp3) is 0.0526. The maximum atomic E-state index is 9.43. The zero-order chi connectivity index (χ0) is 16.8. The summed E-state index contributed by atoms with van der Waals surface area (Å²) in [6.45, 7) is 0. The van der Waals surface area contributed by atoms with E-state index in [1.807, 2.05) is 48.7 Å². The Balaban J connectivity index is 1.80. The Hall–Kier alpha value is -2.97. The van der Waals surface area contributed by atoms with Crippen molar-refractivity contribution in [3.63, 3.8) is 0 Å². The normalized spacial score (nSPS) is 10.7. The Morgan fingerprint density at radius 2 is 2.00 bits per heavy atom. The summed E-state index contributed by atoms with van der Waals surface area (Å²) >= 11 is 1.68. The lowest BCUT2D eigenvalue weighted by atomic mass is 10.1. The molecule has 1 heterocycles. The van der Waals surface area contributed by atoms with Crippen molar-refractivity contribution in [1.29, 1.82) is 5.26 Å². The predicted octanol–water partition coefficient (Wildman–Crippen LogP) is 5.02. The first-order valence-electron chi connectivity index (χ1n) is 7.34. The standard InChI is InChI=1S/C19H15N3OS/c1-24-16-9-5-8-15(12-16)21-11-10-18-17(13-20)19(22-23-18)14-6-3-2-4-7-14/h2-12,21H,1H3. The van der Waals surface area contributed by atoms with Gasteiger partial charge in [-0.15, -0.1) is 11.8 Å². The van der Waals surface area contributed by atoms with Crippen molar-refractivity contribution in [2.24, 2.45) is 0 Å². The van der Waals surface area contributed by atoms with Crippen molar-refractivity contribution in [3.05, 3.63) is 72.1 Å². The Morgan fingerprint density at radius 3 is 2.75 bits per heavy atom. The molecule has 0 aliphatic rings. The van der Waals surface area contributed by atoms with Crippen LogP contribution in [0.4, 0.5) is 5.69 Å². The first kappa shape index (κ1) is 15.9. The molecule has 0 radical (unpaired) electrons. The van der Waals surface area contributed by atoms with Crippen LogP contribution in [0, 0.1) is 11.3 Å². The second-order valence-corrected chi connectivity index (χ2v) is 5.84. The lowest BCUT2D eigenvalue weighted by molar-refractivity contribution is 0.415. The summed E-state index contributed by atoms with van der Waals surface area (Å²) in [4.78, 5) is 1.18. The molecule has 4 nitrogen and oxygen atoms in total. The maximum absolute atomic E-state index is 9.43. The number of thioether (sulfide) groups is 1. The fourth-order valence-electron chi connectivity index (χ4n) is 2.24. The highest BCUT2D eigenvalue weighted by atomic mass is 32.2. The monoisotopic (exact) mass is 333 g/mol. The SMILES string of the molecule is CSc1cccc(NC=Cc2onc(-c3ccccc3)c2C#N)c1. The minimum absolute atomic E-state index is 0.428. The van der Waals surface area contributed by atoms with Crippen molar-refractivity contribution in [3.8, 4) is 17.3 Å². The second-order valence-electron chi connectivity index (χ2n) is 4.96. The van der Waals surface area contributed by atoms with E-state index < -0.39 is 0 Å². The molecule has 1 aromatic heterocycles. The van der Waals surface area contributed by atoms with Gasteiger partial charge in [-0.2, -0.15) is 5.26 Å². The van der Waals surface area contributed by atoms with Gasteiger partial charge in [-0.05, 0) is 24.5 Å². The molecule has 0 saturated heterocycles. The van der Waals surface area contributed by atoms with Crippen LogP contribution < -0.4 is 5.32 Å². The lowest BCUT2D eigenvalue weighted by Gasteiger charge is -2.02. The van der Waals surface area contributed by atoms with Crippen molar-refractivity contribution >= 4 is 23.5 Å². The third-order valence-electron chi connectivity index (χ3n) is 3.43. The molecule has 0 bridgehead atoms. The average molecular weight is 333 g/mol. The molecule has 0 unspecified atom stereocenters. The zero-order valence-corrected chi connectivity index (χ0v) is 13.9. The molecule has 118 valence electrons. The Morgan fingerprint density at radius 1 is 1.17 bits per heavy atom. The Bertz CT molecular complexity index is 894. The van der Waals surface area contributed by atoms with Crippen LogP contribution in [0.25, 0.3) is 17.3 Å². The molecule has 0 fully saturated rings. The minimum atomic E-state index is 0.428. The first-order chi connectivity index (χ1) is 11.8. The van der Waals surface area contributed by atoms with Crippen LogP contribution in [-0.4, -0.2) is 11.4 Å². The smallest absolute Gasteiger partial charge is 0.179 e. The molecule has 0 aliphatic carbocycles. The van der Waals surface area contributed by atoms with Gasteiger partial charge >= 0.3 is 0 Å². The van der Waals surface area contributed by atoms with Crippen molar-refractivity contribution in [1.82, 2.24) is 5.16 Å². The summed E-state index contributed by atoms with van der Waals surface area (Å²) in [7, 11) is 0. The van der Waals surface area contributed by atoms with Gasteiger partial charge in [0.1, 0.15) is 17.3 Å². The zero-order valence-electron chi connectivity index (χ0n) is 13.1. The molecule has 3 aromatic rings. The Kier molecular flexibility index (Phi) is 4.99. The molecule has 24 heavy (non-hydrogen) atoms.